The van der Waals surface area contributed by atoms with E-state index >= 15 is 0 Å². The molecule has 0 amide bonds. The van der Waals surface area contributed by atoms with Gasteiger partial charge in [0.2, 0.25) is 0 Å². The van der Waals surface area contributed by atoms with Crippen LogP contribution in [-0.2, 0) is 0 Å². The van der Waals surface area contributed by atoms with Crippen molar-refractivity contribution in [1.29, 1.82) is 0 Å². The summed E-state index contributed by atoms with van der Waals surface area (Å²) in [6.45, 7) is 20.5. The monoisotopic (exact) mass is 191 g/mol. The van der Waals surface area contributed by atoms with E-state index in [4.69, 9.17) is 0 Å². The van der Waals surface area contributed by atoms with Crippen LogP contribution < -0.4 is 0 Å². The summed E-state index contributed by atoms with van der Waals surface area (Å²) in [5.74, 6) is 0. The van der Waals surface area contributed by atoms with Gasteiger partial charge in [-0.1, -0.05) is 37.5 Å². The van der Waals surface area contributed by atoms with Crippen molar-refractivity contribution in [3.8, 4) is 0 Å². The van der Waals surface area contributed by atoms with E-state index < -0.39 is 0 Å². The zero-order valence-corrected chi connectivity index (χ0v) is 9.69. The van der Waals surface area contributed by atoms with Crippen molar-refractivity contribution in [2.75, 3.05) is 13.6 Å². The highest BCUT2D eigenvalue weighted by atomic mass is 15.1. The molecular formula is C13H21N. The lowest BCUT2D eigenvalue weighted by Crippen LogP contribution is -2.19. The van der Waals surface area contributed by atoms with Crippen LogP contribution in [0.4, 0.5) is 0 Å². The third kappa shape index (κ3) is 4.70. The van der Waals surface area contributed by atoms with E-state index in [1.54, 1.807) is 0 Å². The second-order valence-electron chi connectivity index (χ2n) is 3.94. The summed E-state index contributed by atoms with van der Waals surface area (Å²) < 4.78 is 0. The van der Waals surface area contributed by atoms with Crippen molar-refractivity contribution in [3.05, 3.63) is 48.7 Å². The number of nitrogens with zero attached hydrogens (tertiary/aromatic N) is 1. The minimum atomic E-state index is 0.791. The van der Waals surface area contributed by atoms with Crippen molar-refractivity contribution >= 4 is 0 Å². The molecule has 0 bridgehead atoms. The Morgan fingerprint density at radius 3 is 1.93 bits per heavy atom. The SMILES string of the molecule is C=C(C)CN(C)C(=C)CC(=C)C(=C)C. The van der Waals surface area contributed by atoms with Crippen molar-refractivity contribution in [1.82, 2.24) is 4.90 Å². The second kappa shape index (κ2) is 5.48. The molecule has 0 aliphatic heterocycles. The summed E-state index contributed by atoms with van der Waals surface area (Å²) >= 11 is 0. The van der Waals surface area contributed by atoms with E-state index in [0.717, 1.165) is 35.4 Å². The number of hydrogen-bond donors (Lipinski definition) is 0. The fourth-order valence-corrected chi connectivity index (χ4v) is 1.05. The molecule has 0 unspecified atom stereocenters. The first kappa shape index (κ1) is 12.8. The molecule has 0 heterocycles. The van der Waals surface area contributed by atoms with Gasteiger partial charge in [-0.05, 0) is 19.4 Å². The maximum atomic E-state index is 4.01. The van der Waals surface area contributed by atoms with E-state index in [1.807, 2.05) is 20.9 Å². The number of hydrogen-bond acceptors (Lipinski definition) is 1. The Hall–Kier alpha value is -1.24. The molecule has 1 nitrogen and oxygen atoms in total. The van der Waals surface area contributed by atoms with Gasteiger partial charge in [0.25, 0.3) is 0 Å². The van der Waals surface area contributed by atoms with E-state index in [0.29, 0.717) is 0 Å². The molecule has 0 aromatic rings. The molecule has 0 aliphatic carbocycles. The largest absolute Gasteiger partial charge is 0.374 e. The maximum absolute atomic E-state index is 4.01. The molecule has 1 heteroatoms. The summed E-state index contributed by atoms with van der Waals surface area (Å²) in [5, 5.41) is 0. The van der Waals surface area contributed by atoms with Crippen LogP contribution in [0.1, 0.15) is 20.3 Å². The molecular weight excluding hydrogens is 170 g/mol. The lowest BCUT2D eigenvalue weighted by molar-refractivity contribution is 0.445. The topological polar surface area (TPSA) is 3.24 Å². The Bertz CT molecular complexity index is 271. The van der Waals surface area contributed by atoms with Crippen molar-refractivity contribution in [2.24, 2.45) is 0 Å². The standard InChI is InChI=1S/C13H21N/c1-10(2)9-14(7)13(6)8-12(5)11(3)4/h1,3,5-6,8-9H2,2,4,7H3. The summed E-state index contributed by atoms with van der Waals surface area (Å²) in [4.78, 5) is 2.09. The van der Waals surface area contributed by atoms with Gasteiger partial charge in [0.1, 0.15) is 0 Å². The predicted molar refractivity (Wildman–Crippen MR) is 65.2 cm³/mol. The first-order valence-electron chi connectivity index (χ1n) is 4.71. The number of allylic oxidation sites excluding steroid dienone is 2. The predicted octanol–water partition coefficient (Wildman–Crippen LogP) is 3.53. The Morgan fingerprint density at radius 1 is 1.07 bits per heavy atom. The second-order valence-corrected chi connectivity index (χ2v) is 3.94. The van der Waals surface area contributed by atoms with Crippen LogP contribution in [0.15, 0.2) is 48.7 Å². The average molecular weight is 191 g/mol. The Kier molecular flexibility index (Phi) is 5.00. The van der Waals surface area contributed by atoms with E-state index in [1.165, 1.54) is 0 Å². The van der Waals surface area contributed by atoms with Gasteiger partial charge in [0.05, 0.1) is 0 Å². The van der Waals surface area contributed by atoms with E-state index in [2.05, 4.69) is 31.2 Å². The van der Waals surface area contributed by atoms with Gasteiger partial charge in [-0.2, -0.15) is 0 Å². The van der Waals surface area contributed by atoms with Crippen LogP contribution in [0.3, 0.4) is 0 Å². The summed E-state index contributed by atoms with van der Waals surface area (Å²) in [5.41, 5.74) is 4.26. The molecule has 14 heavy (non-hydrogen) atoms. The molecule has 0 aromatic heterocycles. The third-order valence-corrected chi connectivity index (χ3v) is 2.07. The van der Waals surface area contributed by atoms with Gasteiger partial charge >= 0.3 is 0 Å². The van der Waals surface area contributed by atoms with Crippen LogP contribution in [-0.4, -0.2) is 18.5 Å². The molecule has 0 radical (unpaired) electrons. The number of rotatable bonds is 6. The van der Waals surface area contributed by atoms with Crippen molar-refractivity contribution in [2.45, 2.75) is 20.3 Å². The highest BCUT2D eigenvalue weighted by Gasteiger charge is 2.04. The molecule has 0 atom stereocenters. The zero-order chi connectivity index (χ0) is 11.3. The van der Waals surface area contributed by atoms with Crippen molar-refractivity contribution < 1.29 is 0 Å². The number of likely N-dealkylation sites (N-methyl/N-ethyl adjacent to an activating group) is 1. The summed E-state index contributed by atoms with van der Waals surface area (Å²) in [7, 11) is 2.02. The minimum absolute atomic E-state index is 0.791. The lowest BCUT2D eigenvalue weighted by Gasteiger charge is -2.22. The Balaban J connectivity index is 4.14. The molecule has 0 saturated heterocycles. The third-order valence-electron chi connectivity index (χ3n) is 2.07. The molecule has 0 aromatic carbocycles. The van der Waals surface area contributed by atoms with E-state index in [-0.39, 0.29) is 0 Å². The lowest BCUT2D eigenvalue weighted by atomic mass is 10.1. The quantitative estimate of drug-likeness (QED) is 0.458. The molecule has 78 valence electrons. The molecule has 0 N–H and O–H groups in total. The normalized spacial score (nSPS) is 9.36. The smallest absolute Gasteiger partial charge is 0.0377 e. The first-order chi connectivity index (χ1) is 6.34. The molecule has 0 spiro atoms. The fraction of sp³-hybridized carbons (Fsp3) is 0.385. The van der Waals surface area contributed by atoms with Crippen LogP contribution in [0.2, 0.25) is 0 Å². The summed E-state index contributed by atoms with van der Waals surface area (Å²) in [6.07, 6.45) is 0.791. The van der Waals surface area contributed by atoms with Crippen molar-refractivity contribution in [3.63, 3.8) is 0 Å². The van der Waals surface area contributed by atoms with Crippen LogP contribution >= 0.6 is 0 Å². The molecule has 0 saturated carbocycles. The van der Waals surface area contributed by atoms with Gasteiger partial charge in [-0.25, -0.2) is 0 Å². The maximum Gasteiger partial charge on any atom is 0.0377 e. The van der Waals surface area contributed by atoms with Gasteiger partial charge in [-0.15, -0.1) is 0 Å². The molecule has 0 fully saturated rings. The average Bonchev–Trinajstić information content (AvgIpc) is 2.02. The zero-order valence-electron chi connectivity index (χ0n) is 9.69. The van der Waals surface area contributed by atoms with Crippen LogP contribution in [0.25, 0.3) is 0 Å². The Morgan fingerprint density at radius 2 is 1.57 bits per heavy atom. The fourth-order valence-electron chi connectivity index (χ4n) is 1.05. The highest BCUT2D eigenvalue weighted by Crippen LogP contribution is 2.16. The van der Waals surface area contributed by atoms with E-state index in [9.17, 15) is 0 Å². The highest BCUT2D eigenvalue weighted by molar-refractivity contribution is 5.27. The van der Waals surface area contributed by atoms with Gasteiger partial charge in [0.15, 0.2) is 0 Å². The van der Waals surface area contributed by atoms with Gasteiger partial charge < -0.3 is 4.90 Å². The minimum Gasteiger partial charge on any atom is -0.374 e. The first-order valence-corrected chi connectivity index (χ1v) is 4.71. The van der Waals surface area contributed by atoms with Crippen LogP contribution in [0.5, 0.6) is 0 Å². The molecule has 0 aliphatic rings. The molecule has 0 rings (SSSR count). The Labute approximate surface area is 88.1 Å². The van der Waals surface area contributed by atoms with Gasteiger partial charge in [0, 0.05) is 25.7 Å². The van der Waals surface area contributed by atoms with Crippen LogP contribution in [0, 0.1) is 0 Å². The summed E-state index contributed by atoms with van der Waals surface area (Å²) in [6, 6.07) is 0. The van der Waals surface area contributed by atoms with Gasteiger partial charge in [-0.3, -0.25) is 0 Å².